The highest BCUT2D eigenvalue weighted by atomic mass is 15.1. The molecule has 2 heterocycles. The van der Waals surface area contributed by atoms with Gasteiger partial charge in [0.2, 0.25) is 0 Å². The van der Waals surface area contributed by atoms with Crippen molar-refractivity contribution in [3.05, 3.63) is 29.8 Å². The summed E-state index contributed by atoms with van der Waals surface area (Å²) in [5.41, 5.74) is 2.89. The number of piperidine rings is 1. The molecule has 2 heteroatoms. The molecule has 0 radical (unpaired) electrons. The van der Waals surface area contributed by atoms with Crippen LogP contribution in [0.4, 0.5) is 5.69 Å². The van der Waals surface area contributed by atoms with Gasteiger partial charge in [-0.3, -0.25) is 0 Å². The number of nitrogens with zero attached hydrogens (tertiary/aromatic N) is 1. The molecule has 1 aromatic carbocycles. The maximum atomic E-state index is 3.54. The highest BCUT2D eigenvalue weighted by Gasteiger charge is 2.23. The van der Waals surface area contributed by atoms with Gasteiger partial charge >= 0.3 is 0 Å². The normalized spacial score (nSPS) is 24.2. The Labute approximate surface area is 117 Å². The Hall–Kier alpha value is -1.02. The summed E-state index contributed by atoms with van der Waals surface area (Å²) in [4.78, 5) is 2.67. The number of likely N-dealkylation sites (tertiary alicyclic amines) is 1. The number of fused-ring (bicyclic) bond motifs is 1. The van der Waals surface area contributed by atoms with E-state index in [0.29, 0.717) is 0 Å². The highest BCUT2D eigenvalue weighted by Crippen LogP contribution is 2.33. The van der Waals surface area contributed by atoms with Crippen LogP contribution >= 0.6 is 0 Å². The molecular formula is C17H26N2. The van der Waals surface area contributed by atoms with Crippen LogP contribution in [0.5, 0.6) is 0 Å². The fourth-order valence-corrected chi connectivity index (χ4v) is 3.57. The molecule has 0 spiro atoms. The molecule has 0 aliphatic carbocycles. The number of rotatable bonds is 4. The molecule has 1 aromatic rings. The minimum Gasteiger partial charge on any atom is -0.384 e. The fraction of sp³-hybridized carbons (Fsp3) is 0.647. The van der Waals surface area contributed by atoms with Gasteiger partial charge < -0.3 is 10.2 Å². The van der Waals surface area contributed by atoms with E-state index in [1.54, 1.807) is 0 Å². The van der Waals surface area contributed by atoms with Crippen LogP contribution in [0.2, 0.25) is 0 Å². The molecule has 1 fully saturated rings. The van der Waals surface area contributed by atoms with Crippen molar-refractivity contribution in [3.8, 4) is 0 Å². The molecule has 0 amide bonds. The van der Waals surface area contributed by atoms with Gasteiger partial charge in [-0.05, 0) is 56.4 Å². The van der Waals surface area contributed by atoms with Crippen LogP contribution in [0.15, 0.2) is 24.3 Å². The third-order valence-electron chi connectivity index (χ3n) is 5.02. The lowest BCUT2D eigenvalue weighted by Crippen LogP contribution is -2.34. The zero-order valence-corrected chi connectivity index (χ0v) is 12.1. The molecule has 1 unspecified atom stereocenters. The molecule has 0 aromatic heterocycles. The van der Waals surface area contributed by atoms with Crippen molar-refractivity contribution in [2.45, 2.75) is 38.5 Å². The van der Waals surface area contributed by atoms with Crippen LogP contribution < -0.4 is 5.32 Å². The first-order valence-corrected chi connectivity index (χ1v) is 7.92. The van der Waals surface area contributed by atoms with Crippen molar-refractivity contribution in [2.24, 2.45) is 5.92 Å². The van der Waals surface area contributed by atoms with E-state index in [4.69, 9.17) is 0 Å². The predicted molar refractivity (Wildman–Crippen MR) is 81.7 cm³/mol. The number of hydrogen-bond donors (Lipinski definition) is 1. The van der Waals surface area contributed by atoms with E-state index >= 15 is 0 Å². The van der Waals surface area contributed by atoms with E-state index in [2.05, 4.69) is 41.4 Å². The van der Waals surface area contributed by atoms with Crippen LogP contribution in [-0.2, 0) is 0 Å². The van der Waals surface area contributed by atoms with E-state index in [9.17, 15) is 0 Å². The molecule has 2 aliphatic heterocycles. The number of nitrogens with one attached hydrogen (secondary N) is 1. The van der Waals surface area contributed by atoms with Crippen LogP contribution in [0.25, 0.3) is 0 Å². The molecule has 0 saturated carbocycles. The zero-order valence-electron chi connectivity index (χ0n) is 12.1. The van der Waals surface area contributed by atoms with E-state index in [1.165, 1.54) is 56.6 Å². The maximum Gasteiger partial charge on any atom is 0.0376 e. The summed E-state index contributed by atoms with van der Waals surface area (Å²) in [6.07, 6.45) is 5.50. The quantitative estimate of drug-likeness (QED) is 0.885. The summed E-state index contributed by atoms with van der Waals surface area (Å²) in [7, 11) is 0. The Morgan fingerprint density at radius 2 is 2.00 bits per heavy atom. The van der Waals surface area contributed by atoms with Gasteiger partial charge in [-0.25, -0.2) is 0 Å². The Kier molecular flexibility index (Phi) is 4.07. The van der Waals surface area contributed by atoms with Gasteiger partial charge in [0.1, 0.15) is 0 Å². The lowest BCUT2D eigenvalue weighted by Gasteiger charge is -2.32. The smallest absolute Gasteiger partial charge is 0.0376 e. The van der Waals surface area contributed by atoms with E-state index < -0.39 is 0 Å². The average molecular weight is 258 g/mol. The number of anilines is 1. The SMILES string of the molecule is CCC1CCN(CCC2CNc3ccccc32)CC1. The fourth-order valence-electron chi connectivity index (χ4n) is 3.57. The Balaban J connectivity index is 1.49. The lowest BCUT2D eigenvalue weighted by atomic mass is 9.93. The molecule has 2 nitrogen and oxygen atoms in total. The molecule has 1 N–H and O–H groups in total. The topological polar surface area (TPSA) is 15.3 Å². The van der Waals surface area contributed by atoms with E-state index in [0.717, 1.165) is 18.4 Å². The van der Waals surface area contributed by atoms with E-state index in [-0.39, 0.29) is 0 Å². The second kappa shape index (κ2) is 5.96. The molecule has 1 saturated heterocycles. The standard InChI is InChI=1S/C17H26N2/c1-2-14-7-10-19(11-8-14)12-9-15-13-18-17-6-4-3-5-16(15)17/h3-6,14-15,18H,2,7-13H2,1H3. The zero-order chi connectivity index (χ0) is 13.1. The van der Waals surface area contributed by atoms with Gasteiger partial charge in [0.05, 0.1) is 0 Å². The summed E-state index contributed by atoms with van der Waals surface area (Å²) < 4.78 is 0. The monoisotopic (exact) mass is 258 g/mol. The van der Waals surface area contributed by atoms with E-state index in [1.807, 2.05) is 0 Å². The lowest BCUT2D eigenvalue weighted by molar-refractivity contribution is 0.177. The maximum absolute atomic E-state index is 3.54. The van der Waals surface area contributed by atoms with Gasteiger partial charge in [0.25, 0.3) is 0 Å². The third-order valence-corrected chi connectivity index (χ3v) is 5.02. The van der Waals surface area contributed by atoms with Gasteiger partial charge in [-0.1, -0.05) is 31.5 Å². The third kappa shape index (κ3) is 2.94. The molecule has 1 atom stereocenters. The van der Waals surface area contributed by atoms with Gasteiger partial charge in [0.15, 0.2) is 0 Å². The van der Waals surface area contributed by atoms with Crippen molar-refractivity contribution in [2.75, 3.05) is 31.5 Å². The molecule has 19 heavy (non-hydrogen) atoms. The summed E-state index contributed by atoms with van der Waals surface area (Å²) >= 11 is 0. The van der Waals surface area contributed by atoms with Crippen molar-refractivity contribution in [3.63, 3.8) is 0 Å². The van der Waals surface area contributed by atoms with Gasteiger partial charge in [-0.2, -0.15) is 0 Å². The van der Waals surface area contributed by atoms with Crippen molar-refractivity contribution < 1.29 is 0 Å². The Morgan fingerprint density at radius 1 is 1.21 bits per heavy atom. The number of para-hydroxylation sites is 1. The Bertz CT molecular complexity index is 407. The van der Waals surface area contributed by atoms with Crippen LogP contribution in [0, 0.1) is 5.92 Å². The first-order valence-electron chi connectivity index (χ1n) is 7.92. The predicted octanol–water partition coefficient (Wildman–Crippen LogP) is 3.71. The second-order valence-electron chi connectivity index (χ2n) is 6.15. The molecule has 0 bridgehead atoms. The van der Waals surface area contributed by atoms with Crippen LogP contribution in [0.3, 0.4) is 0 Å². The highest BCUT2D eigenvalue weighted by molar-refractivity contribution is 5.57. The molecule has 3 rings (SSSR count). The molecule has 2 aliphatic rings. The van der Waals surface area contributed by atoms with Gasteiger partial charge in [-0.15, -0.1) is 0 Å². The first kappa shape index (κ1) is 13.0. The molecular weight excluding hydrogens is 232 g/mol. The summed E-state index contributed by atoms with van der Waals surface area (Å²) in [5.74, 6) is 1.71. The first-order chi connectivity index (χ1) is 9.36. The minimum atomic E-state index is 0.722. The summed E-state index contributed by atoms with van der Waals surface area (Å²) in [6.45, 7) is 7.38. The molecule has 104 valence electrons. The van der Waals surface area contributed by atoms with Crippen LogP contribution in [0.1, 0.15) is 44.1 Å². The van der Waals surface area contributed by atoms with Crippen molar-refractivity contribution in [1.82, 2.24) is 4.90 Å². The second-order valence-corrected chi connectivity index (χ2v) is 6.15. The summed E-state index contributed by atoms with van der Waals surface area (Å²) in [5, 5.41) is 3.54. The number of benzene rings is 1. The van der Waals surface area contributed by atoms with Gasteiger partial charge in [0, 0.05) is 18.2 Å². The van der Waals surface area contributed by atoms with Crippen molar-refractivity contribution in [1.29, 1.82) is 0 Å². The number of hydrogen-bond acceptors (Lipinski definition) is 2. The van der Waals surface area contributed by atoms with Crippen molar-refractivity contribution >= 4 is 5.69 Å². The average Bonchev–Trinajstić information content (AvgIpc) is 2.89. The summed E-state index contributed by atoms with van der Waals surface area (Å²) in [6, 6.07) is 8.81. The minimum absolute atomic E-state index is 0.722. The van der Waals surface area contributed by atoms with Crippen LogP contribution in [-0.4, -0.2) is 31.1 Å². The Morgan fingerprint density at radius 3 is 2.79 bits per heavy atom. The largest absolute Gasteiger partial charge is 0.384 e.